The first-order chi connectivity index (χ1) is 33.5. The minimum absolute atomic E-state index is 0.0589. The van der Waals surface area contributed by atoms with E-state index in [1.54, 1.807) is 6.08 Å². The van der Waals surface area contributed by atoms with Gasteiger partial charge in [-0.1, -0.05) is 289 Å². The number of aliphatic hydroxyl groups is 1. The number of allylic oxidation sites excluding steroid dienone is 3. The Morgan fingerprint density at radius 1 is 0.478 bits per heavy atom. The van der Waals surface area contributed by atoms with Gasteiger partial charge in [0.25, 0.3) is 0 Å². The van der Waals surface area contributed by atoms with Crippen LogP contribution in [0.15, 0.2) is 24.3 Å². The molecule has 0 heterocycles. The molecule has 0 aromatic heterocycles. The molecule has 0 spiro atoms. The van der Waals surface area contributed by atoms with Crippen molar-refractivity contribution in [1.29, 1.82) is 0 Å². The molecule has 0 rings (SSSR count). The van der Waals surface area contributed by atoms with Crippen LogP contribution in [0.1, 0.15) is 303 Å². The molecule has 0 fully saturated rings. The summed E-state index contributed by atoms with van der Waals surface area (Å²) in [6.07, 6.45) is 65.8. The lowest BCUT2D eigenvalue weighted by molar-refractivity contribution is -0.870. The van der Waals surface area contributed by atoms with E-state index in [9.17, 15) is 19.4 Å². The Balaban J connectivity index is 4.19. The number of likely N-dealkylation sites (N-methyl/N-ethyl adjacent to an activating group) is 1. The lowest BCUT2D eigenvalue weighted by atomic mass is 10.0. The van der Waals surface area contributed by atoms with Crippen LogP contribution in [0.5, 0.6) is 0 Å². The lowest BCUT2D eigenvalue weighted by Crippen LogP contribution is -2.45. The summed E-state index contributed by atoms with van der Waals surface area (Å²) in [5, 5.41) is 13.9. The highest BCUT2D eigenvalue weighted by atomic mass is 31.2. The van der Waals surface area contributed by atoms with Gasteiger partial charge in [-0.3, -0.25) is 13.8 Å². The maximum absolute atomic E-state index is 13.0. The fourth-order valence-electron chi connectivity index (χ4n) is 9.18. The van der Waals surface area contributed by atoms with Gasteiger partial charge in [0.05, 0.1) is 39.9 Å². The minimum Gasteiger partial charge on any atom is -0.387 e. The van der Waals surface area contributed by atoms with Gasteiger partial charge < -0.3 is 19.8 Å². The Morgan fingerprint density at radius 2 is 0.797 bits per heavy atom. The molecule has 3 atom stereocenters. The number of carbonyl (C=O) groups is 1. The number of nitrogens with zero attached hydrogens (tertiary/aromatic N) is 1. The van der Waals surface area contributed by atoms with Gasteiger partial charge in [-0.15, -0.1) is 0 Å². The fraction of sp³-hybridized carbons (Fsp3) is 0.917. The second kappa shape index (κ2) is 51.9. The number of amides is 1. The van der Waals surface area contributed by atoms with E-state index in [4.69, 9.17) is 9.05 Å². The molecule has 69 heavy (non-hydrogen) atoms. The number of aliphatic hydroxyl groups excluding tert-OH is 1. The first-order valence-corrected chi connectivity index (χ1v) is 31.7. The molecule has 9 heteroatoms. The molecule has 410 valence electrons. The Labute approximate surface area is 430 Å². The summed E-state index contributed by atoms with van der Waals surface area (Å²) in [5.74, 6) is -0.180. The maximum Gasteiger partial charge on any atom is 0.472 e. The van der Waals surface area contributed by atoms with Crippen molar-refractivity contribution in [1.82, 2.24) is 5.32 Å². The molecule has 3 N–H and O–H groups in total. The molecule has 0 aliphatic carbocycles. The Morgan fingerprint density at radius 3 is 1.16 bits per heavy atom. The van der Waals surface area contributed by atoms with Gasteiger partial charge in [0.2, 0.25) is 5.91 Å². The number of hydrogen-bond donors (Lipinski definition) is 3. The summed E-state index contributed by atoms with van der Waals surface area (Å²) in [6.45, 7) is 4.85. The molecule has 0 aromatic rings. The van der Waals surface area contributed by atoms with E-state index < -0.39 is 20.0 Å². The van der Waals surface area contributed by atoms with Crippen LogP contribution < -0.4 is 5.32 Å². The lowest BCUT2D eigenvalue weighted by Gasteiger charge is -2.25. The number of rotatable bonds is 56. The number of hydrogen-bond acceptors (Lipinski definition) is 5. The molecule has 3 unspecified atom stereocenters. The van der Waals surface area contributed by atoms with E-state index in [0.29, 0.717) is 17.4 Å². The molecule has 0 aliphatic rings. The van der Waals surface area contributed by atoms with Crippen molar-refractivity contribution < 1.29 is 32.9 Å². The molecule has 8 nitrogen and oxygen atoms in total. The van der Waals surface area contributed by atoms with Crippen molar-refractivity contribution >= 4 is 13.7 Å². The molecular weight excluding hydrogens is 876 g/mol. The summed E-state index contributed by atoms with van der Waals surface area (Å²) >= 11 is 0. The average Bonchev–Trinajstić information content (AvgIpc) is 3.31. The van der Waals surface area contributed by atoms with Crippen molar-refractivity contribution in [2.24, 2.45) is 0 Å². The average molecular weight is 997 g/mol. The van der Waals surface area contributed by atoms with E-state index in [2.05, 4.69) is 31.3 Å². The third kappa shape index (κ3) is 54.6. The number of phosphoric ester groups is 1. The summed E-state index contributed by atoms with van der Waals surface area (Å²) in [4.78, 5) is 23.3. The molecule has 1 amide bonds. The van der Waals surface area contributed by atoms with Crippen LogP contribution in [0.4, 0.5) is 0 Å². The second-order valence-corrected chi connectivity index (χ2v) is 23.5. The summed E-state index contributed by atoms with van der Waals surface area (Å²) in [6, 6.07) is -0.860. The van der Waals surface area contributed by atoms with Gasteiger partial charge in [0, 0.05) is 6.42 Å². The van der Waals surface area contributed by atoms with Crippen LogP contribution in [0.3, 0.4) is 0 Å². The monoisotopic (exact) mass is 996 g/mol. The first kappa shape index (κ1) is 68.0. The first-order valence-electron chi connectivity index (χ1n) is 30.2. The number of nitrogens with one attached hydrogen (secondary N) is 1. The summed E-state index contributed by atoms with van der Waals surface area (Å²) < 4.78 is 23.7. The molecular formula is C60H120N2O6P+. The van der Waals surface area contributed by atoms with Gasteiger partial charge in [0.1, 0.15) is 13.2 Å². The Kier molecular flexibility index (Phi) is 51.1. The van der Waals surface area contributed by atoms with Crippen LogP contribution in [-0.2, 0) is 18.4 Å². The van der Waals surface area contributed by atoms with E-state index in [1.165, 1.54) is 244 Å². The van der Waals surface area contributed by atoms with Crippen LogP contribution in [0, 0.1) is 0 Å². The van der Waals surface area contributed by atoms with E-state index in [-0.39, 0.29) is 19.1 Å². The summed E-state index contributed by atoms with van der Waals surface area (Å²) in [5.41, 5.74) is 0. The van der Waals surface area contributed by atoms with E-state index >= 15 is 0 Å². The van der Waals surface area contributed by atoms with Gasteiger partial charge in [-0.05, 0) is 32.1 Å². The molecule has 0 bridgehead atoms. The quantitative estimate of drug-likeness (QED) is 0.0243. The zero-order chi connectivity index (χ0) is 50.6. The Hall–Kier alpha value is -1.02. The van der Waals surface area contributed by atoms with Crippen molar-refractivity contribution in [3.05, 3.63) is 24.3 Å². The highest BCUT2D eigenvalue weighted by Gasteiger charge is 2.27. The van der Waals surface area contributed by atoms with Crippen LogP contribution in [0.2, 0.25) is 0 Å². The van der Waals surface area contributed by atoms with Gasteiger partial charge in [0.15, 0.2) is 0 Å². The molecule has 0 aliphatic heterocycles. The molecule has 0 aromatic carbocycles. The van der Waals surface area contributed by atoms with Crippen molar-refractivity contribution in [2.75, 3.05) is 40.9 Å². The summed E-state index contributed by atoms with van der Waals surface area (Å²) in [7, 11) is 1.57. The van der Waals surface area contributed by atoms with Crippen molar-refractivity contribution in [2.45, 2.75) is 315 Å². The number of quaternary nitrogens is 1. The predicted molar refractivity (Wildman–Crippen MR) is 300 cm³/mol. The SMILES string of the molecule is CCCCCCCCCCCCCCCCCCCCCCC/C=C/CC/C=C/C(O)C(COP(=O)(O)OCC[N+](C)(C)C)NC(=O)CCCCCCCCCCCCCCCCCCCCCC. The smallest absolute Gasteiger partial charge is 0.387 e. The molecule has 0 saturated heterocycles. The zero-order valence-electron chi connectivity index (χ0n) is 46.8. The number of unbranched alkanes of at least 4 members (excludes halogenated alkanes) is 41. The van der Waals surface area contributed by atoms with Crippen LogP contribution in [0.25, 0.3) is 0 Å². The number of carbonyl (C=O) groups excluding carboxylic acids is 1. The maximum atomic E-state index is 13.0. The normalized spacial score (nSPS) is 14.0. The third-order valence-corrected chi connectivity index (χ3v) is 14.9. The standard InChI is InChI=1S/C60H119N2O6P/c1-6-8-10-12-14-16-18-20-22-24-26-28-29-30-31-32-33-34-35-37-39-41-43-45-47-49-51-53-59(63)58(57-68-69(65,66)67-56-55-62(3,4)5)61-60(64)54-52-50-48-46-44-42-40-38-36-27-25-23-21-19-17-15-13-11-9-7-2/h43,45,51,53,58-59,63H,6-42,44,46-50,52,54-57H2,1-5H3,(H-,61,64,65,66)/p+1/b45-43+,53-51+. The highest BCUT2D eigenvalue weighted by molar-refractivity contribution is 7.47. The van der Waals surface area contributed by atoms with Crippen molar-refractivity contribution in [3.8, 4) is 0 Å². The Bertz CT molecular complexity index is 1170. The molecule has 0 radical (unpaired) electrons. The zero-order valence-corrected chi connectivity index (χ0v) is 47.7. The fourth-order valence-corrected chi connectivity index (χ4v) is 9.92. The highest BCUT2D eigenvalue weighted by Crippen LogP contribution is 2.43. The topological polar surface area (TPSA) is 105 Å². The second-order valence-electron chi connectivity index (χ2n) is 22.1. The van der Waals surface area contributed by atoms with Crippen LogP contribution >= 0.6 is 7.82 Å². The largest absolute Gasteiger partial charge is 0.472 e. The van der Waals surface area contributed by atoms with Gasteiger partial charge >= 0.3 is 7.82 Å². The van der Waals surface area contributed by atoms with Crippen LogP contribution in [-0.4, -0.2) is 73.4 Å². The third-order valence-electron chi connectivity index (χ3n) is 13.9. The van der Waals surface area contributed by atoms with E-state index in [0.717, 1.165) is 38.5 Å². The molecule has 0 saturated carbocycles. The van der Waals surface area contributed by atoms with E-state index in [1.807, 2.05) is 27.2 Å². The van der Waals surface area contributed by atoms with Gasteiger partial charge in [-0.2, -0.15) is 0 Å². The minimum atomic E-state index is -4.35. The number of phosphoric acid groups is 1. The van der Waals surface area contributed by atoms with Crippen molar-refractivity contribution in [3.63, 3.8) is 0 Å². The van der Waals surface area contributed by atoms with Gasteiger partial charge in [-0.25, -0.2) is 4.57 Å². The predicted octanol–water partition coefficient (Wildman–Crippen LogP) is 18.4.